The van der Waals surface area contributed by atoms with Crippen LogP contribution in [0.3, 0.4) is 0 Å². The van der Waals surface area contributed by atoms with Crippen molar-refractivity contribution in [3.63, 3.8) is 0 Å². The van der Waals surface area contributed by atoms with Crippen molar-refractivity contribution in [2.24, 2.45) is 0 Å². The van der Waals surface area contributed by atoms with Crippen molar-refractivity contribution in [3.8, 4) is 0 Å². The molecule has 1 rings (SSSR count). The second kappa shape index (κ2) is 8.82. The zero-order valence-corrected chi connectivity index (χ0v) is 12.3. The van der Waals surface area contributed by atoms with Crippen LogP contribution < -0.4 is 10.6 Å². The molecule has 19 heavy (non-hydrogen) atoms. The molecular formula is C13H17ClN2O2S. The van der Waals surface area contributed by atoms with Gasteiger partial charge in [0.25, 0.3) is 0 Å². The normalized spacial score (nSPS) is 10.0. The lowest BCUT2D eigenvalue weighted by Crippen LogP contribution is -2.40. The average molecular weight is 301 g/mol. The molecule has 0 aliphatic carbocycles. The molecule has 0 heterocycles. The van der Waals surface area contributed by atoms with Gasteiger partial charge in [0.1, 0.15) is 0 Å². The first-order chi connectivity index (χ1) is 9.11. The van der Waals surface area contributed by atoms with Crippen LogP contribution in [-0.4, -0.2) is 24.2 Å². The fourth-order valence-electron chi connectivity index (χ4n) is 1.29. The van der Waals surface area contributed by atoms with Crippen LogP contribution in [0.5, 0.6) is 0 Å². The molecule has 3 amide bonds. The van der Waals surface area contributed by atoms with Crippen molar-refractivity contribution in [2.75, 3.05) is 12.3 Å². The minimum Gasteiger partial charge on any atom is -0.338 e. The third-order valence-electron chi connectivity index (χ3n) is 2.20. The summed E-state index contributed by atoms with van der Waals surface area (Å²) in [7, 11) is 0. The fraction of sp³-hybridized carbons (Fsp3) is 0.385. The summed E-state index contributed by atoms with van der Waals surface area (Å²) in [4.78, 5) is 22.7. The van der Waals surface area contributed by atoms with Crippen molar-refractivity contribution < 1.29 is 9.59 Å². The molecule has 1 aromatic carbocycles. The van der Waals surface area contributed by atoms with E-state index in [0.717, 1.165) is 12.0 Å². The second-order valence-corrected chi connectivity index (χ2v) is 5.35. The molecule has 0 aliphatic rings. The van der Waals surface area contributed by atoms with Gasteiger partial charge in [-0.2, -0.15) is 0 Å². The lowest BCUT2D eigenvalue weighted by atomic mass is 10.2. The second-order valence-electron chi connectivity index (χ2n) is 3.92. The molecule has 6 heteroatoms. The predicted molar refractivity (Wildman–Crippen MR) is 79.4 cm³/mol. The SMILES string of the molecule is CCCNC(=O)NC(=O)CSCc1ccc(Cl)cc1. The Morgan fingerprint density at radius 2 is 1.95 bits per heavy atom. The van der Waals surface area contributed by atoms with Gasteiger partial charge in [0, 0.05) is 17.3 Å². The predicted octanol–water partition coefficient (Wildman–Crippen LogP) is 2.81. The van der Waals surface area contributed by atoms with Crippen LogP contribution in [0.4, 0.5) is 4.79 Å². The number of urea groups is 1. The van der Waals surface area contributed by atoms with Crippen LogP contribution >= 0.6 is 23.4 Å². The van der Waals surface area contributed by atoms with E-state index in [4.69, 9.17) is 11.6 Å². The molecule has 0 saturated carbocycles. The lowest BCUT2D eigenvalue weighted by Gasteiger charge is -2.05. The molecule has 0 radical (unpaired) electrons. The standard InChI is InChI=1S/C13H17ClN2O2S/c1-2-7-15-13(18)16-12(17)9-19-8-10-3-5-11(14)6-4-10/h3-6H,2,7-9H2,1H3,(H2,15,16,17,18). The van der Waals surface area contributed by atoms with E-state index in [1.54, 1.807) is 0 Å². The number of amides is 3. The van der Waals surface area contributed by atoms with Gasteiger partial charge in [-0.15, -0.1) is 11.8 Å². The molecular weight excluding hydrogens is 284 g/mol. The van der Waals surface area contributed by atoms with Gasteiger partial charge in [0.2, 0.25) is 5.91 Å². The maximum Gasteiger partial charge on any atom is 0.321 e. The Labute approximate surface area is 122 Å². The van der Waals surface area contributed by atoms with Gasteiger partial charge in [-0.3, -0.25) is 10.1 Å². The van der Waals surface area contributed by atoms with Crippen LogP contribution in [0.25, 0.3) is 0 Å². The molecule has 0 unspecified atom stereocenters. The van der Waals surface area contributed by atoms with E-state index >= 15 is 0 Å². The summed E-state index contributed by atoms with van der Waals surface area (Å²) in [5.41, 5.74) is 1.10. The monoisotopic (exact) mass is 300 g/mol. The Bertz CT molecular complexity index is 423. The summed E-state index contributed by atoms with van der Waals surface area (Å²) in [6.07, 6.45) is 0.840. The largest absolute Gasteiger partial charge is 0.338 e. The third-order valence-corrected chi connectivity index (χ3v) is 3.46. The van der Waals surface area contributed by atoms with Crippen molar-refractivity contribution in [2.45, 2.75) is 19.1 Å². The first-order valence-corrected chi connectivity index (χ1v) is 7.55. The molecule has 0 bridgehead atoms. The van der Waals surface area contributed by atoms with E-state index in [-0.39, 0.29) is 11.7 Å². The maximum absolute atomic E-state index is 11.4. The fourth-order valence-corrected chi connectivity index (χ4v) is 2.20. The molecule has 104 valence electrons. The smallest absolute Gasteiger partial charge is 0.321 e. The molecule has 4 nitrogen and oxygen atoms in total. The molecule has 0 spiro atoms. The zero-order chi connectivity index (χ0) is 14.1. The van der Waals surface area contributed by atoms with Crippen molar-refractivity contribution in [1.82, 2.24) is 10.6 Å². The Balaban J connectivity index is 2.20. The van der Waals surface area contributed by atoms with Gasteiger partial charge in [0.15, 0.2) is 0 Å². The highest BCUT2D eigenvalue weighted by Crippen LogP contribution is 2.15. The van der Waals surface area contributed by atoms with E-state index in [1.165, 1.54) is 11.8 Å². The van der Waals surface area contributed by atoms with Gasteiger partial charge in [-0.25, -0.2) is 4.79 Å². The highest BCUT2D eigenvalue weighted by molar-refractivity contribution is 7.99. The minimum absolute atomic E-state index is 0.252. The van der Waals surface area contributed by atoms with Crippen molar-refractivity contribution in [1.29, 1.82) is 0 Å². The van der Waals surface area contributed by atoms with Gasteiger partial charge in [-0.1, -0.05) is 30.7 Å². The van der Waals surface area contributed by atoms with Gasteiger partial charge in [0.05, 0.1) is 5.75 Å². The molecule has 0 aromatic heterocycles. The summed E-state index contributed by atoms with van der Waals surface area (Å²) in [5.74, 6) is 0.677. The number of rotatable bonds is 6. The van der Waals surface area contributed by atoms with E-state index in [2.05, 4.69) is 10.6 Å². The van der Waals surface area contributed by atoms with Gasteiger partial charge >= 0.3 is 6.03 Å². The number of hydrogen-bond donors (Lipinski definition) is 2. The Kier molecular flexibility index (Phi) is 7.36. The number of imide groups is 1. The molecule has 2 N–H and O–H groups in total. The van der Waals surface area contributed by atoms with Crippen LogP contribution in [0.15, 0.2) is 24.3 Å². The minimum atomic E-state index is -0.432. The molecule has 0 aliphatic heterocycles. The molecule has 0 saturated heterocycles. The summed E-state index contributed by atoms with van der Waals surface area (Å²) in [6.45, 7) is 2.51. The number of halogens is 1. The maximum atomic E-state index is 11.4. The number of thioether (sulfide) groups is 1. The Morgan fingerprint density at radius 1 is 1.26 bits per heavy atom. The molecule has 0 atom stereocenters. The third kappa shape index (κ3) is 7.08. The van der Waals surface area contributed by atoms with Gasteiger partial charge in [-0.05, 0) is 24.1 Å². The number of carbonyl (C=O) groups excluding carboxylic acids is 2. The number of carbonyl (C=O) groups is 2. The van der Waals surface area contributed by atoms with Crippen LogP contribution in [0, 0.1) is 0 Å². The van der Waals surface area contributed by atoms with Crippen molar-refractivity contribution >= 4 is 35.3 Å². The summed E-state index contributed by atoms with van der Waals surface area (Å²) >= 11 is 7.23. The van der Waals surface area contributed by atoms with Crippen LogP contribution in [0.1, 0.15) is 18.9 Å². The topological polar surface area (TPSA) is 58.2 Å². The highest BCUT2D eigenvalue weighted by Gasteiger charge is 2.06. The summed E-state index contributed by atoms with van der Waals surface area (Å²) in [5, 5.41) is 5.56. The number of benzene rings is 1. The number of nitrogens with one attached hydrogen (secondary N) is 2. The molecule has 0 fully saturated rings. The zero-order valence-electron chi connectivity index (χ0n) is 10.7. The summed E-state index contributed by atoms with van der Waals surface area (Å²) < 4.78 is 0. The Morgan fingerprint density at radius 3 is 2.58 bits per heavy atom. The van der Waals surface area contributed by atoms with E-state index in [0.29, 0.717) is 17.3 Å². The van der Waals surface area contributed by atoms with Crippen LogP contribution in [0.2, 0.25) is 5.02 Å². The van der Waals surface area contributed by atoms with E-state index in [9.17, 15) is 9.59 Å². The summed E-state index contributed by atoms with van der Waals surface area (Å²) in [6, 6.07) is 7.03. The first kappa shape index (κ1) is 15.9. The van der Waals surface area contributed by atoms with Crippen molar-refractivity contribution in [3.05, 3.63) is 34.9 Å². The first-order valence-electron chi connectivity index (χ1n) is 6.01. The molecule has 1 aromatic rings. The quantitative estimate of drug-likeness (QED) is 0.849. The number of hydrogen-bond acceptors (Lipinski definition) is 3. The lowest BCUT2D eigenvalue weighted by molar-refractivity contribution is -0.117. The van der Waals surface area contributed by atoms with Crippen LogP contribution in [-0.2, 0) is 10.5 Å². The average Bonchev–Trinajstić information content (AvgIpc) is 2.38. The van der Waals surface area contributed by atoms with E-state index in [1.807, 2.05) is 31.2 Å². The van der Waals surface area contributed by atoms with Gasteiger partial charge < -0.3 is 5.32 Å². The highest BCUT2D eigenvalue weighted by atomic mass is 35.5. The Hall–Kier alpha value is -1.20. The van der Waals surface area contributed by atoms with E-state index < -0.39 is 6.03 Å².